The van der Waals surface area contributed by atoms with Crippen molar-refractivity contribution in [3.63, 3.8) is 0 Å². The Labute approximate surface area is 127 Å². The van der Waals surface area contributed by atoms with Crippen molar-refractivity contribution < 1.29 is 14.3 Å². The van der Waals surface area contributed by atoms with Crippen molar-refractivity contribution in [2.45, 2.75) is 31.2 Å². The summed E-state index contributed by atoms with van der Waals surface area (Å²) < 4.78 is 15.1. The highest BCUT2D eigenvalue weighted by Crippen LogP contribution is 2.29. The van der Waals surface area contributed by atoms with Crippen molar-refractivity contribution >= 4 is 5.91 Å². The zero-order chi connectivity index (χ0) is 15.6. The Bertz CT molecular complexity index is 678. The normalized spacial score (nSPS) is 16.6. The highest BCUT2D eigenvalue weighted by atomic mass is 19.1. The van der Waals surface area contributed by atoms with Gasteiger partial charge in [-0.25, -0.2) is 9.07 Å². The first kappa shape index (κ1) is 14.7. The second-order valence-electron chi connectivity index (χ2n) is 5.70. The average molecular weight is 303 g/mol. The maximum Gasteiger partial charge on any atom is 0.272 e. The van der Waals surface area contributed by atoms with Gasteiger partial charge in [-0.1, -0.05) is 25.0 Å². The number of aromatic nitrogens is 2. The molecule has 0 aliphatic heterocycles. The number of halogens is 1. The van der Waals surface area contributed by atoms with Crippen LogP contribution in [0.3, 0.4) is 0 Å². The molecule has 2 N–H and O–H groups in total. The topological polar surface area (TPSA) is 67.2 Å². The summed E-state index contributed by atoms with van der Waals surface area (Å²) in [6.07, 6.45) is 5.06. The van der Waals surface area contributed by atoms with E-state index in [-0.39, 0.29) is 18.2 Å². The molecule has 1 saturated carbocycles. The van der Waals surface area contributed by atoms with E-state index in [0.717, 1.165) is 25.7 Å². The van der Waals surface area contributed by atoms with Gasteiger partial charge in [-0.15, -0.1) is 0 Å². The summed E-state index contributed by atoms with van der Waals surface area (Å²) in [5.41, 5.74) is -0.0407. The van der Waals surface area contributed by atoms with Crippen LogP contribution < -0.4 is 5.32 Å². The van der Waals surface area contributed by atoms with E-state index in [1.54, 1.807) is 30.5 Å². The van der Waals surface area contributed by atoms with E-state index in [0.29, 0.717) is 5.69 Å². The van der Waals surface area contributed by atoms with Crippen LogP contribution in [0.25, 0.3) is 5.69 Å². The summed E-state index contributed by atoms with van der Waals surface area (Å²) in [6.45, 7) is -0.0766. The van der Waals surface area contributed by atoms with Gasteiger partial charge in [0.05, 0.1) is 12.1 Å². The molecule has 116 valence electrons. The minimum atomic E-state index is -0.543. The fourth-order valence-corrected chi connectivity index (χ4v) is 2.90. The maximum atomic E-state index is 13.7. The highest BCUT2D eigenvalue weighted by Gasteiger charge is 2.35. The van der Waals surface area contributed by atoms with Gasteiger partial charge in [0, 0.05) is 6.20 Å². The van der Waals surface area contributed by atoms with Crippen molar-refractivity contribution in [1.29, 1.82) is 0 Å². The molecule has 1 aromatic carbocycles. The van der Waals surface area contributed by atoms with Crippen molar-refractivity contribution in [2.75, 3.05) is 6.61 Å². The number of nitrogens with one attached hydrogen (secondary N) is 1. The SMILES string of the molecule is O=C(NC1(CO)CCCC1)c1ccn(-c2ccccc2F)n1. The first-order valence-corrected chi connectivity index (χ1v) is 7.37. The molecule has 1 aromatic heterocycles. The van der Waals surface area contributed by atoms with E-state index in [1.165, 1.54) is 10.7 Å². The summed E-state index contributed by atoms with van der Waals surface area (Å²) >= 11 is 0. The van der Waals surface area contributed by atoms with E-state index in [2.05, 4.69) is 10.4 Å². The number of hydrogen-bond donors (Lipinski definition) is 2. The lowest BCUT2D eigenvalue weighted by Gasteiger charge is -2.27. The average Bonchev–Trinajstić information content (AvgIpc) is 3.17. The van der Waals surface area contributed by atoms with E-state index >= 15 is 0 Å². The molecule has 1 aliphatic carbocycles. The molecule has 1 fully saturated rings. The highest BCUT2D eigenvalue weighted by molar-refractivity contribution is 5.92. The number of para-hydroxylation sites is 1. The van der Waals surface area contributed by atoms with E-state index in [1.807, 2.05) is 0 Å². The predicted octanol–water partition coefficient (Wildman–Crippen LogP) is 2.05. The van der Waals surface area contributed by atoms with Crippen molar-refractivity contribution in [3.8, 4) is 5.69 Å². The second kappa shape index (κ2) is 5.88. The molecule has 0 bridgehead atoms. The first-order valence-electron chi connectivity index (χ1n) is 7.37. The van der Waals surface area contributed by atoms with Crippen molar-refractivity contribution in [2.24, 2.45) is 0 Å². The molecule has 1 aliphatic rings. The van der Waals surface area contributed by atoms with Crippen LogP contribution in [0.2, 0.25) is 0 Å². The Kier molecular flexibility index (Phi) is 3.94. The molecule has 0 unspecified atom stereocenters. The van der Waals surface area contributed by atoms with Crippen LogP contribution in [0.5, 0.6) is 0 Å². The minimum absolute atomic E-state index is 0.0766. The third-order valence-electron chi connectivity index (χ3n) is 4.16. The number of carbonyl (C=O) groups excluding carboxylic acids is 1. The van der Waals surface area contributed by atoms with Crippen LogP contribution in [0, 0.1) is 5.82 Å². The smallest absolute Gasteiger partial charge is 0.272 e. The van der Waals surface area contributed by atoms with Crippen LogP contribution in [-0.2, 0) is 0 Å². The Balaban J connectivity index is 1.79. The maximum absolute atomic E-state index is 13.7. The Hall–Kier alpha value is -2.21. The van der Waals surface area contributed by atoms with Gasteiger partial charge >= 0.3 is 0 Å². The second-order valence-corrected chi connectivity index (χ2v) is 5.70. The first-order chi connectivity index (χ1) is 10.6. The van der Waals surface area contributed by atoms with Crippen LogP contribution in [0.15, 0.2) is 36.5 Å². The summed E-state index contributed by atoms with van der Waals surface area (Å²) in [5.74, 6) is -0.744. The number of benzene rings is 1. The van der Waals surface area contributed by atoms with Crippen LogP contribution in [0.4, 0.5) is 4.39 Å². The summed E-state index contributed by atoms with van der Waals surface area (Å²) in [6, 6.07) is 7.79. The summed E-state index contributed by atoms with van der Waals surface area (Å²) in [7, 11) is 0. The Morgan fingerprint density at radius 1 is 1.32 bits per heavy atom. The molecule has 0 atom stereocenters. The molecule has 22 heavy (non-hydrogen) atoms. The van der Waals surface area contributed by atoms with Gasteiger partial charge in [-0.3, -0.25) is 4.79 Å². The summed E-state index contributed by atoms with van der Waals surface area (Å²) in [4.78, 5) is 12.3. The van der Waals surface area contributed by atoms with E-state index < -0.39 is 11.4 Å². The minimum Gasteiger partial charge on any atom is -0.394 e. The quantitative estimate of drug-likeness (QED) is 0.908. The zero-order valence-corrected chi connectivity index (χ0v) is 12.1. The fraction of sp³-hybridized carbons (Fsp3) is 0.375. The van der Waals surface area contributed by atoms with Crippen LogP contribution >= 0.6 is 0 Å². The van der Waals surface area contributed by atoms with Crippen LogP contribution in [0.1, 0.15) is 36.2 Å². The lowest BCUT2D eigenvalue weighted by atomic mass is 9.99. The van der Waals surface area contributed by atoms with Gasteiger partial charge in [0.25, 0.3) is 5.91 Å². The van der Waals surface area contributed by atoms with Crippen molar-refractivity contribution in [3.05, 3.63) is 48.0 Å². The van der Waals surface area contributed by atoms with Gasteiger partial charge in [0.15, 0.2) is 5.69 Å². The van der Waals surface area contributed by atoms with Gasteiger partial charge in [0.2, 0.25) is 0 Å². The third kappa shape index (κ3) is 2.74. The molecule has 1 heterocycles. The van der Waals surface area contributed by atoms with E-state index in [4.69, 9.17) is 0 Å². The van der Waals surface area contributed by atoms with Gasteiger partial charge in [-0.2, -0.15) is 5.10 Å². The number of carbonyl (C=O) groups is 1. The molecule has 2 aromatic rings. The van der Waals surface area contributed by atoms with Gasteiger partial charge < -0.3 is 10.4 Å². The van der Waals surface area contributed by atoms with Crippen LogP contribution in [-0.4, -0.2) is 32.9 Å². The largest absolute Gasteiger partial charge is 0.394 e. The standard InChI is InChI=1S/C16H18FN3O2/c17-12-5-1-2-6-14(12)20-10-7-13(19-20)15(22)18-16(11-21)8-3-4-9-16/h1-2,5-7,10,21H,3-4,8-9,11H2,(H,18,22). The molecule has 0 spiro atoms. The molecule has 6 heteroatoms. The molecular weight excluding hydrogens is 285 g/mol. The number of rotatable bonds is 4. The number of aliphatic hydroxyl groups excluding tert-OH is 1. The van der Waals surface area contributed by atoms with Crippen molar-refractivity contribution in [1.82, 2.24) is 15.1 Å². The number of hydrogen-bond acceptors (Lipinski definition) is 3. The summed E-state index contributed by atoms with van der Waals surface area (Å²) in [5, 5.41) is 16.6. The molecule has 0 saturated heterocycles. The number of amides is 1. The Morgan fingerprint density at radius 3 is 2.73 bits per heavy atom. The molecule has 3 rings (SSSR count). The molecule has 1 amide bonds. The lowest BCUT2D eigenvalue weighted by molar-refractivity contribution is 0.0833. The molecular formula is C16H18FN3O2. The van der Waals surface area contributed by atoms with Gasteiger partial charge in [-0.05, 0) is 31.0 Å². The number of nitrogens with zero attached hydrogens (tertiary/aromatic N) is 2. The van der Waals surface area contributed by atoms with E-state index in [9.17, 15) is 14.3 Å². The van der Waals surface area contributed by atoms with Gasteiger partial charge in [0.1, 0.15) is 11.5 Å². The third-order valence-corrected chi connectivity index (χ3v) is 4.16. The lowest BCUT2D eigenvalue weighted by Crippen LogP contribution is -2.49. The Morgan fingerprint density at radius 2 is 2.05 bits per heavy atom. The fourth-order valence-electron chi connectivity index (χ4n) is 2.90. The predicted molar refractivity (Wildman–Crippen MR) is 79.3 cm³/mol. The molecule has 0 radical (unpaired) electrons. The monoisotopic (exact) mass is 303 g/mol. The molecule has 5 nitrogen and oxygen atoms in total. The number of aliphatic hydroxyl groups is 1. The zero-order valence-electron chi connectivity index (χ0n) is 12.1.